The Kier molecular flexibility index (Phi) is 5.10. The summed E-state index contributed by atoms with van der Waals surface area (Å²) < 4.78 is 43.4. The van der Waals surface area contributed by atoms with Crippen molar-refractivity contribution in [3.63, 3.8) is 0 Å². The Balaban J connectivity index is 1.49. The van der Waals surface area contributed by atoms with E-state index >= 15 is 0 Å². The number of rotatable bonds is 4. The Morgan fingerprint density at radius 3 is 2.71 bits per heavy atom. The summed E-state index contributed by atoms with van der Waals surface area (Å²) in [5.41, 5.74) is 0.865. The number of nitrogens with zero attached hydrogens (tertiary/aromatic N) is 4. The number of halogens is 3. The van der Waals surface area contributed by atoms with E-state index in [4.69, 9.17) is 4.52 Å². The summed E-state index contributed by atoms with van der Waals surface area (Å²) >= 11 is 0. The first-order chi connectivity index (χ1) is 13.5. The molecule has 1 fully saturated rings. The molecular weight excluding hydrogens is 371 g/mol. The minimum absolute atomic E-state index is 0.129. The number of aromatic nitrogens is 3. The molecule has 1 saturated heterocycles. The molecule has 0 spiro atoms. The van der Waals surface area contributed by atoms with E-state index < -0.39 is 11.7 Å². The van der Waals surface area contributed by atoms with Crippen LogP contribution in [0.15, 0.2) is 53.3 Å². The third-order valence-corrected chi connectivity index (χ3v) is 4.70. The zero-order chi connectivity index (χ0) is 19.6. The van der Waals surface area contributed by atoms with Crippen LogP contribution in [-0.4, -0.2) is 39.7 Å². The van der Waals surface area contributed by atoms with Gasteiger partial charge in [-0.2, -0.15) is 18.2 Å². The second-order valence-electron chi connectivity index (χ2n) is 6.56. The van der Waals surface area contributed by atoms with Gasteiger partial charge in [-0.1, -0.05) is 23.4 Å². The minimum atomic E-state index is -4.37. The van der Waals surface area contributed by atoms with Gasteiger partial charge < -0.3 is 9.84 Å². The maximum Gasteiger partial charge on any atom is 0.416 e. The molecule has 146 valence electrons. The van der Waals surface area contributed by atoms with Crippen molar-refractivity contribution in [1.29, 1.82) is 0 Å². The van der Waals surface area contributed by atoms with E-state index in [0.717, 1.165) is 37.3 Å². The molecule has 3 aromatic rings. The summed E-state index contributed by atoms with van der Waals surface area (Å²) in [6.07, 6.45) is -0.797. The Labute approximate surface area is 159 Å². The molecule has 2 aromatic heterocycles. The summed E-state index contributed by atoms with van der Waals surface area (Å²) in [5, 5.41) is 7.29. The average molecular weight is 389 g/mol. The summed E-state index contributed by atoms with van der Waals surface area (Å²) in [6.45, 7) is 2.88. The molecule has 0 saturated carbocycles. The van der Waals surface area contributed by atoms with Crippen LogP contribution in [0.25, 0.3) is 11.4 Å². The van der Waals surface area contributed by atoms with E-state index in [2.05, 4.69) is 25.3 Å². The van der Waals surface area contributed by atoms with Gasteiger partial charge in [0.2, 0.25) is 11.7 Å². The first-order valence-corrected chi connectivity index (χ1v) is 8.85. The van der Waals surface area contributed by atoms with Crippen molar-refractivity contribution in [1.82, 2.24) is 25.3 Å². The van der Waals surface area contributed by atoms with Crippen molar-refractivity contribution in [2.24, 2.45) is 0 Å². The van der Waals surface area contributed by atoms with Crippen molar-refractivity contribution < 1.29 is 17.7 Å². The highest BCUT2D eigenvalue weighted by atomic mass is 19.4. The van der Waals surface area contributed by atoms with E-state index in [1.54, 1.807) is 6.20 Å². The van der Waals surface area contributed by atoms with Gasteiger partial charge in [-0.15, -0.1) is 0 Å². The van der Waals surface area contributed by atoms with Gasteiger partial charge in [0.05, 0.1) is 12.1 Å². The summed E-state index contributed by atoms with van der Waals surface area (Å²) in [7, 11) is 0. The highest BCUT2D eigenvalue weighted by molar-refractivity contribution is 5.54. The van der Waals surface area contributed by atoms with Crippen LogP contribution in [0.4, 0.5) is 13.2 Å². The normalized spacial score (nSPS) is 18.3. The lowest BCUT2D eigenvalue weighted by molar-refractivity contribution is -0.137. The molecule has 1 atom stereocenters. The molecule has 0 radical (unpaired) electrons. The van der Waals surface area contributed by atoms with Crippen molar-refractivity contribution in [2.45, 2.75) is 18.8 Å². The lowest BCUT2D eigenvalue weighted by Crippen LogP contribution is -2.45. The van der Waals surface area contributed by atoms with E-state index in [9.17, 15) is 13.2 Å². The molecule has 28 heavy (non-hydrogen) atoms. The molecule has 1 unspecified atom stereocenters. The van der Waals surface area contributed by atoms with Gasteiger partial charge in [-0.05, 0) is 23.8 Å². The van der Waals surface area contributed by atoms with Gasteiger partial charge in [0, 0.05) is 43.6 Å². The first-order valence-electron chi connectivity index (χ1n) is 8.85. The highest BCUT2D eigenvalue weighted by Gasteiger charge is 2.30. The van der Waals surface area contributed by atoms with Crippen molar-refractivity contribution >= 4 is 0 Å². The van der Waals surface area contributed by atoms with Crippen LogP contribution in [-0.2, 0) is 12.7 Å². The molecule has 1 aliphatic heterocycles. The second kappa shape index (κ2) is 7.69. The average Bonchev–Trinajstić information content (AvgIpc) is 3.17. The predicted molar refractivity (Wildman–Crippen MR) is 95.0 cm³/mol. The number of benzene rings is 1. The number of pyridine rings is 1. The zero-order valence-electron chi connectivity index (χ0n) is 14.9. The smallest absolute Gasteiger partial charge is 0.338 e. The van der Waals surface area contributed by atoms with Crippen LogP contribution in [0.1, 0.15) is 23.1 Å². The van der Waals surface area contributed by atoms with Crippen molar-refractivity contribution in [2.75, 3.05) is 19.6 Å². The summed E-state index contributed by atoms with van der Waals surface area (Å²) in [6, 6.07) is 8.78. The van der Waals surface area contributed by atoms with Gasteiger partial charge >= 0.3 is 6.18 Å². The van der Waals surface area contributed by atoms with Gasteiger partial charge in [0.1, 0.15) is 0 Å². The summed E-state index contributed by atoms with van der Waals surface area (Å²) in [4.78, 5) is 10.8. The Morgan fingerprint density at radius 1 is 1.18 bits per heavy atom. The Hall–Kier alpha value is -2.78. The summed E-state index contributed by atoms with van der Waals surface area (Å²) in [5.74, 6) is 0.697. The number of piperazine rings is 1. The fourth-order valence-corrected chi connectivity index (χ4v) is 3.26. The third-order valence-electron chi connectivity index (χ3n) is 4.70. The number of hydrogen-bond donors (Lipinski definition) is 1. The first kappa shape index (κ1) is 18.6. The Bertz CT molecular complexity index is 911. The fraction of sp³-hybridized carbons (Fsp3) is 0.316. The zero-order valence-corrected chi connectivity index (χ0v) is 14.9. The van der Waals surface area contributed by atoms with Gasteiger partial charge in [0.25, 0.3) is 0 Å². The second-order valence-corrected chi connectivity index (χ2v) is 6.56. The maximum atomic E-state index is 12.7. The quantitative estimate of drug-likeness (QED) is 0.739. The van der Waals surface area contributed by atoms with Crippen molar-refractivity contribution in [3.8, 4) is 11.4 Å². The standard InChI is InChI=1S/C19H18F3N5O/c20-19(21,22)15-5-3-13(4-6-15)18-25-17(28-26-18)12-27-9-8-24-11-16(27)14-2-1-7-23-10-14/h1-7,10,16,24H,8-9,11-12H2. The molecule has 0 aliphatic carbocycles. The topological polar surface area (TPSA) is 67.1 Å². The van der Waals surface area contributed by atoms with Gasteiger partial charge in [-0.3, -0.25) is 9.88 Å². The SMILES string of the molecule is FC(F)(F)c1ccc(-c2noc(CN3CCNCC3c3cccnc3)n2)cc1. The molecule has 0 bridgehead atoms. The van der Waals surface area contributed by atoms with Crippen LogP contribution in [0, 0.1) is 0 Å². The van der Waals surface area contributed by atoms with Crippen LogP contribution in [0.3, 0.4) is 0 Å². The monoisotopic (exact) mass is 389 g/mol. The molecule has 9 heteroatoms. The molecule has 1 aliphatic rings. The van der Waals surface area contributed by atoms with E-state index in [1.807, 2.05) is 18.3 Å². The van der Waals surface area contributed by atoms with Crippen molar-refractivity contribution in [3.05, 3.63) is 65.8 Å². The molecule has 4 rings (SSSR count). The van der Waals surface area contributed by atoms with Crippen LogP contribution < -0.4 is 5.32 Å². The number of hydrogen-bond acceptors (Lipinski definition) is 6. The van der Waals surface area contributed by atoms with E-state index in [1.165, 1.54) is 12.1 Å². The molecule has 1 aromatic carbocycles. The Morgan fingerprint density at radius 2 is 2.00 bits per heavy atom. The number of nitrogens with one attached hydrogen (secondary N) is 1. The fourth-order valence-electron chi connectivity index (χ4n) is 3.26. The molecule has 0 amide bonds. The van der Waals surface area contributed by atoms with Crippen LogP contribution >= 0.6 is 0 Å². The molecular formula is C19H18F3N5O. The predicted octanol–water partition coefficient (Wildman–Crippen LogP) is 3.30. The number of alkyl halides is 3. The highest BCUT2D eigenvalue weighted by Crippen LogP contribution is 2.30. The van der Waals surface area contributed by atoms with E-state index in [-0.39, 0.29) is 11.9 Å². The van der Waals surface area contributed by atoms with Crippen LogP contribution in [0.2, 0.25) is 0 Å². The van der Waals surface area contributed by atoms with Crippen LogP contribution in [0.5, 0.6) is 0 Å². The molecule has 6 nitrogen and oxygen atoms in total. The largest absolute Gasteiger partial charge is 0.416 e. The van der Waals surface area contributed by atoms with E-state index in [0.29, 0.717) is 18.0 Å². The molecule has 1 N–H and O–H groups in total. The maximum absolute atomic E-state index is 12.7. The third kappa shape index (κ3) is 4.05. The lowest BCUT2D eigenvalue weighted by Gasteiger charge is -2.35. The molecule has 3 heterocycles. The minimum Gasteiger partial charge on any atom is -0.338 e. The van der Waals surface area contributed by atoms with Gasteiger partial charge in [-0.25, -0.2) is 0 Å². The van der Waals surface area contributed by atoms with Gasteiger partial charge in [0.15, 0.2) is 0 Å². The lowest BCUT2D eigenvalue weighted by atomic mass is 10.1.